The molecule has 4 heteroatoms. The quantitative estimate of drug-likeness (QED) is 0.927. The molecule has 1 amide bonds. The smallest absolute Gasteiger partial charge is 0.224 e. The summed E-state index contributed by atoms with van der Waals surface area (Å²) in [6, 6.07) is 8.91. The summed E-state index contributed by atoms with van der Waals surface area (Å²) in [6.45, 7) is 3.80. The SMILES string of the molecule is CC[C@H](C)C(=O)N[C@H](C#N)c1cccc(Br)c1. The van der Waals surface area contributed by atoms with E-state index in [2.05, 4.69) is 27.3 Å². The molecule has 0 aliphatic carbocycles. The van der Waals surface area contributed by atoms with Gasteiger partial charge in [0.2, 0.25) is 5.91 Å². The second kappa shape index (κ2) is 6.41. The first-order chi connectivity index (χ1) is 8.08. The van der Waals surface area contributed by atoms with E-state index in [0.29, 0.717) is 0 Å². The van der Waals surface area contributed by atoms with Gasteiger partial charge in [-0.2, -0.15) is 5.26 Å². The Hall–Kier alpha value is -1.34. The molecular weight excluding hydrogens is 280 g/mol. The lowest BCUT2D eigenvalue weighted by Gasteiger charge is -2.15. The average molecular weight is 295 g/mol. The van der Waals surface area contributed by atoms with Crippen LogP contribution in [0, 0.1) is 17.2 Å². The number of benzene rings is 1. The summed E-state index contributed by atoms with van der Waals surface area (Å²) in [7, 11) is 0. The van der Waals surface area contributed by atoms with Crippen LogP contribution in [-0.2, 0) is 4.79 Å². The summed E-state index contributed by atoms with van der Waals surface area (Å²) in [4.78, 5) is 11.7. The van der Waals surface area contributed by atoms with Crippen molar-refractivity contribution in [2.75, 3.05) is 0 Å². The Balaban J connectivity index is 2.80. The van der Waals surface area contributed by atoms with Gasteiger partial charge in [0.05, 0.1) is 6.07 Å². The highest BCUT2D eigenvalue weighted by Crippen LogP contribution is 2.18. The van der Waals surface area contributed by atoms with Gasteiger partial charge in [-0.05, 0) is 24.1 Å². The third-order valence-electron chi connectivity index (χ3n) is 2.66. The second-order valence-electron chi connectivity index (χ2n) is 3.94. The molecule has 90 valence electrons. The molecule has 0 fully saturated rings. The van der Waals surface area contributed by atoms with Crippen molar-refractivity contribution in [2.45, 2.75) is 26.3 Å². The molecular formula is C13H15BrN2O. The number of halogens is 1. The first-order valence-electron chi connectivity index (χ1n) is 5.54. The van der Waals surface area contributed by atoms with E-state index in [1.165, 1.54) is 0 Å². The van der Waals surface area contributed by atoms with Crippen molar-refractivity contribution in [2.24, 2.45) is 5.92 Å². The van der Waals surface area contributed by atoms with Gasteiger partial charge in [0.1, 0.15) is 6.04 Å². The highest BCUT2D eigenvalue weighted by molar-refractivity contribution is 9.10. The zero-order valence-electron chi connectivity index (χ0n) is 9.90. The highest BCUT2D eigenvalue weighted by Gasteiger charge is 2.17. The zero-order valence-corrected chi connectivity index (χ0v) is 11.5. The van der Waals surface area contributed by atoms with E-state index >= 15 is 0 Å². The van der Waals surface area contributed by atoms with Crippen molar-refractivity contribution in [3.63, 3.8) is 0 Å². The molecule has 2 atom stereocenters. The fourth-order valence-corrected chi connectivity index (χ4v) is 1.76. The summed E-state index contributed by atoms with van der Waals surface area (Å²) in [5, 5.41) is 11.8. The summed E-state index contributed by atoms with van der Waals surface area (Å²) < 4.78 is 0.896. The minimum atomic E-state index is -0.589. The largest absolute Gasteiger partial charge is 0.336 e. The molecule has 0 spiro atoms. The highest BCUT2D eigenvalue weighted by atomic mass is 79.9. The monoisotopic (exact) mass is 294 g/mol. The number of carbonyl (C=O) groups excluding carboxylic acids is 1. The molecule has 0 aromatic heterocycles. The van der Waals surface area contributed by atoms with Crippen molar-refractivity contribution >= 4 is 21.8 Å². The van der Waals surface area contributed by atoms with Crippen LogP contribution in [0.3, 0.4) is 0 Å². The number of nitrogens with one attached hydrogen (secondary N) is 1. The van der Waals surface area contributed by atoms with Gasteiger partial charge in [-0.3, -0.25) is 4.79 Å². The Morgan fingerprint density at radius 1 is 1.59 bits per heavy atom. The minimum absolute atomic E-state index is 0.0713. The molecule has 0 bridgehead atoms. The lowest BCUT2D eigenvalue weighted by Crippen LogP contribution is -2.32. The predicted molar refractivity (Wildman–Crippen MR) is 70.1 cm³/mol. The van der Waals surface area contributed by atoms with Gasteiger partial charge in [-0.25, -0.2) is 0 Å². The molecule has 0 saturated carbocycles. The zero-order chi connectivity index (χ0) is 12.8. The van der Waals surface area contributed by atoms with E-state index < -0.39 is 6.04 Å². The fraction of sp³-hybridized carbons (Fsp3) is 0.385. The van der Waals surface area contributed by atoms with Gasteiger partial charge < -0.3 is 5.32 Å². The maximum atomic E-state index is 11.7. The molecule has 0 aliphatic rings. The van der Waals surface area contributed by atoms with Crippen LogP contribution >= 0.6 is 15.9 Å². The van der Waals surface area contributed by atoms with Crippen LogP contribution in [0.15, 0.2) is 28.7 Å². The van der Waals surface area contributed by atoms with Crippen LogP contribution in [-0.4, -0.2) is 5.91 Å². The fourth-order valence-electron chi connectivity index (χ4n) is 1.35. The average Bonchev–Trinajstić information content (AvgIpc) is 2.34. The number of nitriles is 1. The summed E-state index contributed by atoms with van der Waals surface area (Å²) in [6.07, 6.45) is 0.766. The Bertz CT molecular complexity index is 439. The van der Waals surface area contributed by atoms with Crippen molar-refractivity contribution in [3.8, 4) is 6.07 Å². The molecule has 1 N–H and O–H groups in total. The molecule has 1 rings (SSSR count). The molecule has 0 heterocycles. The molecule has 17 heavy (non-hydrogen) atoms. The van der Waals surface area contributed by atoms with Crippen molar-refractivity contribution in [1.29, 1.82) is 5.26 Å². The van der Waals surface area contributed by atoms with E-state index in [1.54, 1.807) is 0 Å². The predicted octanol–water partition coefficient (Wildman–Crippen LogP) is 3.18. The summed E-state index contributed by atoms with van der Waals surface area (Å²) >= 11 is 3.35. The minimum Gasteiger partial charge on any atom is -0.336 e. The lowest BCUT2D eigenvalue weighted by atomic mass is 10.1. The van der Waals surface area contributed by atoms with Gasteiger partial charge >= 0.3 is 0 Å². The van der Waals surface area contributed by atoms with Crippen LogP contribution in [0.4, 0.5) is 0 Å². The Labute approximate surface area is 110 Å². The molecule has 0 unspecified atom stereocenters. The first-order valence-corrected chi connectivity index (χ1v) is 6.33. The molecule has 1 aromatic carbocycles. The normalized spacial score (nSPS) is 13.5. The van der Waals surface area contributed by atoms with Gasteiger partial charge in [0.25, 0.3) is 0 Å². The van der Waals surface area contributed by atoms with Gasteiger partial charge in [-0.1, -0.05) is 41.9 Å². The Morgan fingerprint density at radius 2 is 2.29 bits per heavy atom. The van der Waals surface area contributed by atoms with Crippen LogP contribution in [0.2, 0.25) is 0 Å². The summed E-state index contributed by atoms with van der Waals surface area (Å²) in [5.41, 5.74) is 0.790. The maximum Gasteiger partial charge on any atom is 0.224 e. The summed E-state index contributed by atoms with van der Waals surface area (Å²) in [5.74, 6) is -0.156. The number of hydrogen-bond acceptors (Lipinski definition) is 2. The van der Waals surface area contributed by atoms with Crippen LogP contribution < -0.4 is 5.32 Å². The van der Waals surface area contributed by atoms with E-state index in [4.69, 9.17) is 5.26 Å². The molecule has 0 radical (unpaired) electrons. The first kappa shape index (κ1) is 13.7. The maximum absolute atomic E-state index is 11.7. The van der Waals surface area contributed by atoms with Crippen LogP contribution in [0.1, 0.15) is 31.9 Å². The van der Waals surface area contributed by atoms with E-state index in [1.807, 2.05) is 38.1 Å². The molecule has 1 aromatic rings. The molecule has 0 aliphatic heterocycles. The van der Waals surface area contributed by atoms with Gasteiger partial charge in [-0.15, -0.1) is 0 Å². The number of carbonyl (C=O) groups is 1. The number of hydrogen-bond donors (Lipinski definition) is 1. The van der Waals surface area contributed by atoms with Crippen LogP contribution in [0.25, 0.3) is 0 Å². The van der Waals surface area contributed by atoms with Crippen molar-refractivity contribution in [1.82, 2.24) is 5.32 Å². The second-order valence-corrected chi connectivity index (χ2v) is 4.85. The van der Waals surface area contributed by atoms with E-state index in [-0.39, 0.29) is 11.8 Å². The molecule has 3 nitrogen and oxygen atoms in total. The molecule has 0 saturated heterocycles. The van der Waals surface area contributed by atoms with Crippen molar-refractivity contribution in [3.05, 3.63) is 34.3 Å². The number of amides is 1. The van der Waals surface area contributed by atoms with Gasteiger partial charge in [0, 0.05) is 10.4 Å². The van der Waals surface area contributed by atoms with Crippen LogP contribution in [0.5, 0.6) is 0 Å². The van der Waals surface area contributed by atoms with Crippen molar-refractivity contribution < 1.29 is 4.79 Å². The third-order valence-corrected chi connectivity index (χ3v) is 3.15. The van der Waals surface area contributed by atoms with Gasteiger partial charge in [0.15, 0.2) is 0 Å². The van der Waals surface area contributed by atoms with E-state index in [9.17, 15) is 4.79 Å². The third kappa shape index (κ3) is 3.86. The Kier molecular flexibility index (Phi) is 5.17. The van der Waals surface area contributed by atoms with E-state index in [0.717, 1.165) is 16.5 Å². The lowest BCUT2D eigenvalue weighted by molar-refractivity contribution is -0.125. The Morgan fingerprint density at radius 3 is 2.82 bits per heavy atom. The standard InChI is InChI=1S/C13H15BrN2O/c1-3-9(2)13(17)16-12(8-15)10-5-4-6-11(14)7-10/h4-7,9,12H,3H2,1-2H3,(H,16,17)/t9-,12+/m0/s1. The topological polar surface area (TPSA) is 52.9 Å². The number of nitrogens with zero attached hydrogens (tertiary/aromatic N) is 1. The number of rotatable bonds is 4.